The van der Waals surface area contributed by atoms with Gasteiger partial charge < -0.3 is 19.9 Å². The van der Waals surface area contributed by atoms with Crippen molar-refractivity contribution in [3.05, 3.63) is 54.1 Å². The molecule has 0 radical (unpaired) electrons. The van der Waals surface area contributed by atoms with Crippen LogP contribution in [-0.2, 0) is 20.9 Å². The highest BCUT2D eigenvalue weighted by Crippen LogP contribution is 2.58. The first-order valence-electron chi connectivity index (χ1n) is 9.44. The summed E-state index contributed by atoms with van der Waals surface area (Å²) in [5, 5.41) is 24.9. The van der Waals surface area contributed by atoms with Crippen molar-refractivity contribution in [2.75, 3.05) is 14.2 Å². The van der Waals surface area contributed by atoms with Crippen molar-refractivity contribution >= 4 is 33.6 Å². The summed E-state index contributed by atoms with van der Waals surface area (Å²) >= 11 is 0. The first-order valence-corrected chi connectivity index (χ1v) is 9.44. The van der Waals surface area contributed by atoms with Crippen LogP contribution < -0.4 is 4.74 Å². The first-order chi connectivity index (χ1) is 14.4. The standard InChI is InChI=1S/C22H17N3O5/c1-24-19(26)21(28)15-11-7-3-5-9-13(11)23-16(15)17-18(30-2)12-8-4-6-10-14(12)25(17)22(21,29)20(24)27/h3-10,23,28-29H,1-2H3/t21-,22+/m1/s1. The first kappa shape index (κ1) is 17.3. The van der Waals surface area contributed by atoms with Gasteiger partial charge in [-0.15, -0.1) is 0 Å². The maximum atomic E-state index is 13.3. The molecule has 2 atom stereocenters. The highest BCUT2D eigenvalue weighted by molar-refractivity contribution is 6.17. The van der Waals surface area contributed by atoms with Crippen molar-refractivity contribution in [2.24, 2.45) is 0 Å². The summed E-state index contributed by atoms with van der Waals surface area (Å²) in [5.41, 5.74) is -2.96. The molecule has 4 heterocycles. The zero-order valence-corrected chi connectivity index (χ0v) is 16.1. The van der Waals surface area contributed by atoms with Crippen LogP contribution in [0.5, 0.6) is 5.75 Å². The van der Waals surface area contributed by atoms with E-state index in [4.69, 9.17) is 4.74 Å². The summed E-state index contributed by atoms with van der Waals surface area (Å²) in [6, 6.07) is 14.2. The molecule has 8 heteroatoms. The topological polar surface area (TPSA) is 108 Å². The maximum absolute atomic E-state index is 13.3. The molecule has 8 nitrogen and oxygen atoms in total. The lowest BCUT2D eigenvalue weighted by Gasteiger charge is -2.40. The molecule has 1 saturated heterocycles. The number of hydrogen-bond acceptors (Lipinski definition) is 5. The molecule has 0 bridgehead atoms. The van der Waals surface area contributed by atoms with Gasteiger partial charge in [0, 0.05) is 28.9 Å². The third-order valence-corrected chi connectivity index (χ3v) is 6.38. The van der Waals surface area contributed by atoms with Crippen LogP contribution in [0.4, 0.5) is 0 Å². The second kappa shape index (κ2) is 5.10. The third-order valence-electron chi connectivity index (χ3n) is 6.38. The van der Waals surface area contributed by atoms with E-state index in [-0.39, 0.29) is 5.56 Å². The van der Waals surface area contributed by atoms with E-state index in [9.17, 15) is 19.8 Å². The van der Waals surface area contributed by atoms with E-state index in [1.165, 1.54) is 18.7 Å². The molecule has 0 unspecified atom stereocenters. The Hall–Kier alpha value is -3.62. The molecular formula is C22H17N3O5. The van der Waals surface area contributed by atoms with Gasteiger partial charge in [0.2, 0.25) is 5.60 Å². The number of likely N-dealkylation sites (tertiary alicyclic amines) is 1. The molecule has 4 aromatic rings. The van der Waals surface area contributed by atoms with Crippen LogP contribution in [0.15, 0.2) is 48.5 Å². The summed E-state index contributed by atoms with van der Waals surface area (Å²) in [6.07, 6.45) is 0. The Morgan fingerprint density at radius 1 is 0.967 bits per heavy atom. The van der Waals surface area contributed by atoms with Gasteiger partial charge in [-0.25, -0.2) is 0 Å². The highest BCUT2D eigenvalue weighted by atomic mass is 16.5. The lowest BCUT2D eigenvalue weighted by atomic mass is 9.79. The summed E-state index contributed by atoms with van der Waals surface area (Å²) in [5.74, 6) is -1.36. The van der Waals surface area contributed by atoms with Crippen molar-refractivity contribution in [3.8, 4) is 17.1 Å². The number of likely N-dealkylation sites (N-methyl/N-ethyl adjacent to an activating group) is 1. The third kappa shape index (κ3) is 1.53. The van der Waals surface area contributed by atoms with Gasteiger partial charge in [0.1, 0.15) is 5.69 Å². The number of fused-ring (bicyclic) bond motifs is 10. The number of ether oxygens (including phenoxy) is 1. The fraction of sp³-hybridized carbons (Fsp3) is 0.182. The Kier molecular flexibility index (Phi) is 2.93. The molecule has 1 fully saturated rings. The van der Waals surface area contributed by atoms with Crippen molar-refractivity contribution in [1.29, 1.82) is 0 Å². The lowest BCUT2D eigenvalue weighted by Crippen LogP contribution is -2.58. The highest BCUT2D eigenvalue weighted by Gasteiger charge is 2.74. The number of nitrogens with zero attached hydrogens (tertiary/aromatic N) is 2. The van der Waals surface area contributed by atoms with E-state index in [1.54, 1.807) is 36.4 Å². The smallest absolute Gasteiger partial charge is 0.286 e. The van der Waals surface area contributed by atoms with Gasteiger partial charge in [0.05, 0.1) is 18.3 Å². The van der Waals surface area contributed by atoms with Crippen molar-refractivity contribution in [2.45, 2.75) is 11.3 Å². The number of H-pyrrole nitrogens is 1. The normalized spacial score (nSPS) is 25.0. The number of benzene rings is 2. The maximum Gasteiger partial charge on any atom is 0.286 e. The van der Waals surface area contributed by atoms with Crippen LogP contribution in [0.3, 0.4) is 0 Å². The van der Waals surface area contributed by atoms with E-state index in [0.29, 0.717) is 38.9 Å². The molecule has 0 saturated carbocycles. The molecule has 30 heavy (non-hydrogen) atoms. The van der Waals surface area contributed by atoms with E-state index in [0.717, 1.165) is 4.90 Å². The molecule has 2 aliphatic heterocycles. The predicted octanol–water partition coefficient (Wildman–Crippen LogP) is 1.64. The van der Waals surface area contributed by atoms with Gasteiger partial charge in [0.15, 0.2) is 5.75 Å². The Bertz CT molecular complexity index is 1430. The Morgan fingerprint density at radius 3 is 2.37 bits per heavy atom. The molecule has 2 aromatic carbocycles. The van der Waals surface area contributed by atoms with E-state index >= 15 is 0 Å². The van der Waals surface area contributed by atoms with Crippen LogP contribution in [0.1, 0.15) is 5.56 Å². The van der Waals surface area contributed by atoms with Crippen molar-refractivity contribution < 1.29 is 24.5 Å². The number of aromatic amines is 1. The zero-order valence-electron chi connectivity index (χ0n) is 16.1. The molecule has 2 aliphatic rings. The number of hydrogen-bond donors (Lipinski definition) is 3. The summed E-state index contributed by atoms with van der Waals surface area (Å²) < 4.78 is 7.01. The fourth-order valence-corrected chi connectivity index (χ4v) is 5.08. The molecule has 0 aliphatic carbocycles. The quantitative estimate of drug-likeness (QED) is 0.419. The molecule has 2 aromatic heterocycles. The SMILES string of the molecule is COc1c2n(c3ccccc13)[C@]1(O)C(=O)N(C)C(=O)[C@]1(O)c1c-2[nH]c2ccccc12. The minimum atomic E-state index is -2.57. The van der Waals surface area contributed by atoms with Gasteiger partial charge in [-0.05, 0) is 18.2 Å². The number of para-hydroxylation sites is 2. The largest absolute Gasteiger partial charge is 0.494 e. The average molecular weight is 403 g/mol. The van der Waals surface area contributed by atoms with E-state index in [1.807, 2.05) is 12.1 Å². The van der Waals surface area contributed by atoms with Gasteiger partial charge in [-0.2, -0.15) is 0 Å². The number of methoxy groups -OCH3 is 1. The molecule has 2 amide bonds. The second-order valence-electron chi connectivity index (χ2n) is 7.71. The van der Waals surface area contributed by atoms with Gasteiger partial charge in [0.25, 0.3) is 17.5 Å². The monoisotopic (exact) mass is 403 g/mol. The number of amides is 2. The number of carbonyl (C=O) groups excluding carboxylic acids is 2. The van der Waals surface area contributed by atoms with Gasteiger partial charge in [-0.1, -0.05) is 30.3 Å². The van der Waals surface area contributed by atoms with Crippen molar-refractivity contribution in [1.82, 2.24) is 14.5 Å². The molecular weight excluding hydrogens is 386 g/mol. The number of aromatic nitrogens is 2. The second-order valence-corrected chi connectivity index (χ2v) is 7.71. The number of carbonyl (C=O) groups is 2. The number of aliphatic hydroxyl groups is 2. The summed E-state index contributed by atoms with van der Waals surface area (Å²) in [6.45, 7) is 0. The Balaban J connectivity index is 1.93. The molecule has 6 rings (SSSR count). The van der Waals surface area contributed by atoms with E-state index in [2.05, 4.69) is 4.98 Å². The minimum Gasteiger partial charge on any atom is -0.494 e. The summed E-state index contributed by atoms with van der Waals surface area (Å²) in [4.78, 5) is 30.6. The van der Waals surface area contributed by atoms with Crippen LogP contribution in [0.25, 0.3) is 33.2 Å². The number of rotatable bonds is 1. The zero-order chi connectivity index (χ0) is 21.0. The van der Waals surface area contributed by atoms with Gasteiger partial charge >= 0.3 is 0 Å². The van der Waals surface area contributed by atoms with Crippen LogP contribution in [0.2, 0.25) is 0 Å². The predicted molar refractivity (Wildman–Crippen MR) is 108 cm³/mol. The molecule has 3 N–H and O–H groups in total. The fourth-order valence-electron chi connectivity index (χ4n) is 5.08. The van der Waals surface area contributed by atoms with Crippen LogP contribution in [0, 0.1) is 0 Å². The Labute approximate surface area is 169 Å². The molecule has 0 spiro atoms. The average Bonchev–Trinajstić information content (AvgIpc) is 3.35. The lowest BCUT2D eigenvalue weighted by molar-refractivity contribution is -0.193. The minimum absolute atomic E-state index is 0.164. The summed E-state index contributed by atoms with van der Waals surface area (Å²) in [7, 11) is 2.76. The van der Waals surface area contributed by atoms with Crippen LogP contribution >= 0.6 is 0 Å². The molecule has 150 valence electrons. The number of nitrogens with one attached hydrogen (secondary N) is 1. The number of imide groups is 1. The van der Waals surface area contributed by atoms with E-state index < -0.39 is 23.1 Å². The van der Waals surface area contributed by atoms with Crippen molar-refractivity contribution in [3.63, 3.8) is 0 Å². The van der Waals surface area contributed by atoms with Gasteiger partial charge in [-0.3, -0.25) is 19.1 Å². The Morgan fingerprint density at radius 2 is 1.63 bits per heavy atom. The van der Waals surface area contributed by atoms with Crippen LogP contribution in [-0.4, -0.2) is 50.6 Å².